The average molecular weight is 287 g/mol. The van der Waals surface area contributed by atoms with Crippen molar-refractivity contribution < 1.29 is 4.79 Å². The Balaban J connectivity index is 1.37. The Morgan fingerprint density at radius 3 is 2.86 bits per heavy atom. The topological polar surface area (TPSA) is 46.9 Å². The van der Waals surface area contributed by atoms with E-state index in [1.165, 1.54) is 38.5 Å². The number of nitrogens with zero attached hydrogens (tertiary/aromatic N) is 2. The van der Waals surface area contributed by atoms with E-state index in [0.29, 0.717) is 29.6 Å². The van der Waals surface area contributed by atoms with Crippen molar-refractivity contribution in [3.63, 3.8) is 0 Å². The highest BCUT2D eigenvalue weighted by Gasteiger charge is 2.57. The first-order valence-corrected chi connectivity index (χ1v) is 8.54. The van der Waals surface area contributed by atoms with Crippen LogP contribution in [-0.4, -0.2) is 28.7 Å². The van der Waals surface area contributed by atoms with Gasteiger partial charge in [-0.05, 0) is 56.7 Å². The molecule has 2 saturated carbocycles. The Morgan fingerprint density at radius 1 is 1.33 bits per heavy atom. The molecule has 114 valence electrons. The average Bonchev–Trinajstić information content (AvgIpc) is 2.93. The van der Waals surface area contributed by atoms with Crippen molar-refractivity contribution in [2.45, 2.75) is 57.4 Å². The van der Waals surface area contributed by atoms with Crippen LogP contribution in [0.15, 0.2) is 12.3 Å². The molecule has 1 N–H and O–H groups in total. The third-order valence-electron chi connectivity index (χ3n) is 5.90. The molecule has 3 aliphatic rings. The Morgan fingerprint density at radius 2 is 2.10 bits per heavy atom. The minimum absolute atomic E-state index is 0.316. The van der Waals surface area contributed by atoms with Gasteiger partial charge in [0.25, 0.3) is 0 Å². The zero-order valence-electron chi connectivity index (χ0n) is 12.7. The summed E-state index contributed by atoms with van der Waals surface area (Å²) in [6.07, 6.45) is 11.2. The molecule has 0 bridgehead atoms. The standard InChI is InChI=1S/C17H25N3O/c21-16(15-12-17(15)6-8-18-9-7-17)11-13-5-10-20(19-13)14-3-1-2-4-14/h5,10,14-15,18H,1-4,6-9,11-12H2. The molecule has 1 atom stereocenters. The quantitative estimate of drug-likeness (QED) is 0.925. The lowest BCUT2D eigenvalue weighted by molar-refractivity contribution is -0.120. The van der Waals surface area contributed by atoms with Crippen molar-refractivity contribution in [2.75, 3.05) is 13.1 Å². The van der Waals surface area contributed by atoms with E-state index in [0.717, 1.165) is 25.2 Å². The number of hydrogen-bond acceptors (Lipinski definition) is 3. The minimum atomic E-state index is 0.316. The second kappa shape index (κ2) is 5.24. The van der Waals surface area contributed by atoms with Crippen LogP contribution in [0.25, 0.3) is 0 Å². The Bertz CT molecular complexity index is 524. The Labute approximate surface area is 126 Å². The molecule has 3 fully saturated rings. The van der Waals surface area contributed by atoms with Gasteiger partial charge in [0, 0.05) is 12.1 Å². The maximum atomic E-state index is 12.5. The van der Waals surface area contributed by atoms with E-state index in [4.69, 9.17) is 0 Å². The van der Waals surface area contributed by atoms with E-state index >= 15 is 0 Å². The summed E-state index contributed by atoms with van der Waals surface area (Å²) >= 11 is 0. The van der Waals surface area contributed by atoms with Crippen LogP contribution in [0.4, 0.5) is 0 Å². The Kier molecular flexibility index (Phi) is 3.37. The molecule has 0 aromatic carbocycles. The monoisotopic (exact) mass is 287 g/mol. The van der Waals surface area contributed by atoms with Gasteiger partial charge in [0.15, 0.2) is 0 Å². The van der Waals surface area contributed by atoms with Crippen LogP contribution < -0.4 is 5.32 Å². The first-order valence-electron chi connectivity index (χ1n) is 8.54. The van der Waals surface area contributed by atoms with Gasteiger partial charge in [-0.2, -0.15) is 5.10 Å². The number of nitrogens with one attached hydrogen (secondary N) is 1. The molecule has 4 rings (SSSR count). The van der Waals surface area contributed by atoms with Gasteiger partial charge in [0.05, 0.1) is 18.2 Å². The molecule has 1 spiro atoms. The van der Waals surface area contributed by atoms with Crippen molar-refractivity contribution in [1.82, 2.24) is 15.1 Å². The third-order valence-corrected chi connectivity index (χ3v) is 5.90. The largest absolute Gasteiger partial charge is 0.317 e. The lowest BCUT2D eigenvalue weighted by Gasteiger charge is -2.23. The summed E-state index contributed by atoms with van der Waals surface area (Å²) in [5.41, 5.74) is 1.33. The molecule has 0 amide bonds. The van der Waals surface area contributed by atoms with E-state index < -0.39 is 0 Å². The van der Waals surface area contributed by atoms with Gasteiger partial charge in [-0.3, -0.25) is 9.48 Å². The summed E-state index contributed by atoms with van der Waals surface area (Å²) in [5.74, 6) is 0.741. The van der Waals surface area contributed by atoms with Crippen LogP contribution >= 0.6 is 0 Å². The molecule has 0 radical (unpaired) electrons. The van der Waals surface area contributed by atoms with Crippen LogP contribution in [0.3, 0.4) is 0 Å². The fraction of sp³-hybridized carbons (Fsp3) is 0.765. The number of ketones is 1. The highest BCUT2D eigenvalue weighted by Crippen LogP contribution is 2.59. The van der Waals surface area contributed by atoms with E-state index in [1.807, 2.05) is 6.07 Å². The summed E-state index contributed by atoms with van der Waals surface area (Å²) in [6, 6.07) is 2.62. The molecule has 4 nitrogen and oxygen atoms in total. The molecule has 4 heteroatoms. The Hall–Kier alpha value is -1.16. The molecule has 1 saturated heterocycles. The van der Waals surface area contributed by atoms with Gasteiger partial charge in [0.1, 0.15) is 5.78 Å². The SMILES string of the molecule is O=C(Cc1ccn(C2CCCC2)n1)C1CC12CCNCC2. The summed E-state index contributed by atoms with van der Waals surface area (Å²) in [4.78, 5) is 12.5. The molecule has 2 aliphatic carbocycles. The van der Waals surface area contributed by atoms with E-state index in [1.54, 1.807) is 0 Å². The lowest BCUT2D eigenvalue weighted by atomic mass is 9.90. The third kappa shape index (κ3) is 2.54. The van der Waals surface area contributed by atoms with Gasteiger partial charge in [0.2, 0.25) is 0 Å². The number of hydrogen-bond donors (Lipinski definition) is 1. The second-order valence-corrected chi connectivity index (χ2v) is 7.24. The zero-order chi connectivity index (χ0) is 14.3. The van der Waals surface area contributed by atoms with Gasteiger partial charge < -0.3 is 5.32 Å². The predicted molar refractivity (Wildman–Crippen MR) is 81.1 cm³/mol. The summed E-state index contributed by atoms with van der Waals surface area (Å²) in [6.45, 7) is 2.17. The van der Waals surface area contributed by atoms with Crippen molar-refractivity contribution in [3.05, 3.63) is 18.0 Å². The maximum Gasteiger partial charge on any atom is 0.142 e. The minimum Gasteiger partial charge on any atom is -0.317 e. The lowest BCUT2D eigenvalue weighted by Crippen LogP contribution is -2.31. The molecule has 21 heavy (non-hydrogen) atoms. The summed E-state index contributed by atoms with van der Waals surface area (Å²) < 4.78 is 2.10. The van der Waals surface area contributed by atoms with Crippen molar-refractivity contribution >= 4 is 5.78 Å². The van der Waals surface area contributed by atoms with Crippen LogP contribution in [0.2, 0.25) is 0 Å². The van der Waals surface area contributed by atoms with Gasteiger partial charge in [-0.15, -0.1) is 0 Å². The molecule has 1 aliphatic heterocycles. The number of Topliss-reactive ketones (excluding diaryl/α,β-unsaturated/α-hetero) is 1. The molecular weight excluding hydrogens is 262 g/mol. The fourth-order valence-electron chi connectivity index (χ4n) is 4.43. The van der Waals surface area contributed by atoms with Crippen LogP contribution in [0, 0.1) is 11.3 Å². The number of rotatable bonds is 4. The van der Waals surface area contributed by atoms with Gasteiger partial charge >= 0.3 is 0 Å². The van der Waals surface area contributed by atoms with Crippen LogP contribution in [-0.2, 0) is 11.2 Å². The van der Waals surface area contributed by atoms with E-state index in [9.17, 15) is 4.79 Å². The molecule has 1 aromatic rings. The maximum absolute atomic E-state index is 12.5. The summed E-state index contributed by atoms with van der Waals surface area (Å²) in [5, 5.41) is 8.06. The molecular formula is C17H25N3O. The number of piperidine rings is 1. The smallest absolute Gasteiger partial charge is 0.142 e. The van der Waals surface area contributed by atoms with Crippen molar-refractivity contribution in [2.24, 2.45) is 11.3 Å². The highest BCUT2D eigenvalue weighted by atomic mass is 16.1. The summed E-state index contributed by atoms with van der Waals surface area (Å²) in [7, 11) is 0. The predicted octanol–water partition coefficient (Wildman–Crippen LogP) is 2.50. The second-order valence-electron chi connectivity index (χ2n) is 7.24. The molecule has 1 aromatic heterocycles. The van der Waals surface area contributed by atoms with E-state index in [2.05, 4.69) is 21.3 Å². The van der Waals surface area contributed by atoms with Gasteiger partial charge in [-0.1, -0.05) is 12.8 Å². The first-order chi connectivity index (χ1) is 10.3. The number of carbonyl (C=O) groups excluding carboxylic acids is 1. The number of carbonyl (C=O) groups is 1. The number of aromatic nitrogens is 2. The van der Waals surface area contributed by atoms with Crippen LogP contribution in [0.1, 0.15) is 56.7 Å². The van der Waals surface area contributed by atoms with Gasteiger partial charge in [-0.25, -0.2) is 0 Å². The first kappa shape index (κ1) is 13.5. The molecule has 1 unspecified atom stereocenters. The highest BCUT2D eigenvalue weighted by molar-refractivity contribution is 5.86. The zero-order valence-corrected chi connectivity index (χ0v) is 12.7. The molecule has 2 heterocycles. The fourth-order valence-corrected chi connectivity index (χ4v) is 4.43. The van der Waals surface area contributed by atoms with Crippen molar-refractivity contribution in [1.29, 1.82) is 0 Å². The normalized spacial score (nSPS) is 28.1. The van der Waals surface area contributed by atoms with E-state index in [-0.39, 0.29) is 0 Å². The van der Waals surface area contributed by atoms with Crippen LogP contribution in [0.5, 0.6) is 0 Å². The van der Waals surface area contributed by atoms with Crippen molar-refractivity contribution in [3.8, 4) is 0 Å².